The predicted octanol–water partition coefficient (Wildman–Crippen LogP) is 1.92. The zero-order valence-corrected chi connectivity index (χ0v) is 9.77. The molecule has 0 spiro atoms. The van der Waals surface area contributed by atoms with E-state index >= 15 is 0 Å². The second-order valence-corrected chi connectivity index (χ2v) is 4.36. The first-order chi connectivity index (χ1) is 7.60. The Morgan fingerprint density at radius 1 is 1.31 bits per heavy atom. The van der Waals surface area contributed by atoms with Crippen LogP contribution in [0.15, 0.2) is 24.3 Å². The van der Waals surface area contributed by atoms with Crippen LogP contribution in [-0.2, 0) is 10.2 Å². The minimum atomic E-state index is -0.0437. The normalized spacial score (nSPS) is 11.2. The Morgan fingerprint density at radius 3 is 2.44 bits per heavy atom. The summed E-state index contributed by atoms with van der Waals surface area (Å²) < 4.78 is 5.17. The van der Waals surface area contributed by atoms with Gasteiger partial charge in [-0.2, -0.15) is 0 Å². The molecule has 3 nitrogen and oxygen atoms in total. The van der Waals surface area contributed by atoms with Crippen molar-refractivity contribution >= 4 is 6.29 Å². The molecule has 0 unspecified atom stereocenters. The van der Waals surface area contributed by atoms with E-state index in [-0.39, 0.29) is 18.6 Å². The van der Waals surface area contributed by atoms with Gasteiger partial charge >= 0.3 is 0 Å². The molecule has 0 heterocycles. The summed E-state index contributed by atoms with van der Waals surface area (Å²) in [6, 6.07) is 7.63. The fourth-order valence-electron chi connectivity index (χ4n) is 1.56. The first kappa shape index (κ1) is 12.7. The van der Waals surface area contributed by atoms with Gasteiger partial charge < -0.3 is 9.84 Å². The lowest BCUT2D eigenvalue weighted by Gasteiger charge is -2.24. The largest absolute Gasteiger partial charge is 0.486 e. The van der Waals surface area contributed by atoms with E-state index in [0.717, 1.165) is 18.3 Å². The Labute approximate surface area is 96.1 Å². The number of aliphatic hydroxyl groups is 1. The number of hydrogen-bond acceptors (Lipinski definition) is 3. The number of ether oxygens (including phenoxy) is 1. The van der Waals surface area contributed by atoms with Crippen LogP contribution in [-0.4, -0.2) is 24.6 Å². The van der Waals surface area contributed by atoms with Crippen LogP contribution in [0.5, 0.6) is 5.75 Å². The van der Waals surface area contributed by atoms with Crippen molar-refractivity contribution in [3.8, 4) is 5.75 Å². The van der Waals surface area contributed by atoms with Gasteiger partial charge in [-0.25, -0.2) is 0 Å². The molecule has 1 aromatic rings. The van der Waals surface area contributed by atoms with E-state index in [1.165, 1.54) is 0 Å². The van der Waals surface area contributed by atoms with Crippen LogP contribution in [0.3, 0.4) is 0 Å². The van der Waals surface area contributed by atoms with Crippen LogP contribution >= 0.6 is 0 Å². The fourth-order valence-corrected chi connectivity index (χ4v) is 1.56. The maximum Gasteiger partial charge on any atom is 0.157 e. The zero-order chi connectivity index (χ0) is 12.0. The number of benzene rings is 1. The van der Waals surface area contributed by atoms with Gasteiger partial charge in [-0.05, 0) is 29.5 Å². The summed E-state index contributed by atoms with van der Waals surface area (Å²) in [5, 5.41) is 8.97. The summed E-state index contributed by atoms with van der Waals surface area (Å²) in [5.41, 5.74) is 1.11. The highest BCUT2D eigenvalue weighted by atomic mass is 16.5. The molecule has 1 aromatic carbocycles. The van der Waals surface area contributed by atoms with Crippen molar-refractivity contribution in [3.05, 3.63) is 29.8 Å². The molecule has 0 fully saturated rings. The van der Waals surface area contributed by atoms with Gasteiger partial charge in [0.1, 0.15) is 12.4 Å². The number of hydrogen-bond donors (Lipinski definition) is 1. The van der Waals surface area contributed by atoms with Crippen molar-refractivity contribution in [2.45, 2.75) is 25.7 Å². The van der Waals surface area contributed by atoms with E-state index in [9.17, 15) is 4.79 Å². The maximum absolute atomic E-state index is 10.1. The Balaban J connectivity index is 2.73. The molecule has 0 aliphatic carbocycles. The molecule has 0 aromatic heterocycles. The van der Waals surface area contributed by atoms with E-state index < -0.39 is 0 Å². The number of aldehydes is 1. The highest BCUT2D eigenvalue weighted by molar-refractivity contribution is 5.51. The Kier molecular flexibility index (Phi) is 4.50. The molecule has 0 atom stereocenters. The SMILES string of the molecule is CC(C)(CCO)c1ccc(OCC=O)cc1. The smallest absolute Gasteiger partial charge is 0.157 e. The summed E-state index contributed by atoms with van der Waals surface area (Å²) in [5.74, 6) is 0.690. The number of carbonyl (C=O) groups excluding carboxylic acids is 1. The van der Waals surface area contributed by atoms with Crippen molar-refractivity contribution < 1.29 is 14.6 Å². The zero-order valence-electron chi connectivity index (χ0n) is 9.77. The molecule has 0 amide bonds. The van der Waals surface area contributed by atoms with Crippen molar-refractivity contribution in [2.24, 2.45) is 0 Å². The molecule has 0 bridgehead atoms. The number of aliphatic hydroxyl groups excluding tert-OH is 1. The van der Waals surface area contributed by atoms with E-state index in [0.29, 0.717) is 5.75 Å². The van der Waals surface area contributed by atoms with Crippen molar-refractivity contribution in [1.29, 1.82) is 0 Å². The van der Waals surface area contributed by atoms with Gasteiger partial charge in [0.2, 0.25) is 0 Å². The first-order valence-electron chi connectivity index (χ1n) is 5.38. The van der Waals surface area contributed by atoms with Crippen molar-refractivity contribution in [1.82, 2.24) is 0 Å². The third-order valence-corrected chi connectivity index (χ3v) is 2.69. The van der Waals surface area contributed by atoms with Gasteiger partial charge in [0.25, 0.3) is 0 Å². The van der Waals surface area contributed by atoms with Crippen LogP contribution in [0.1, 0.15) is 25.8 Å². The molecule has 0 saturated heterocycles. The Bertz CT molecular complexity index is 328. The Morgan fingerprint density at radius 2 is 1.94 bits per heavy atom. The van der Waals surface area contributed by atoms with Crippen LogP contribution < -0.4 is 4.74 Å². The molecule has 16 heavy (non-hydrogen) atoms. The number of rotatable bonds is 6. The molecule has 0 radical (unpaired) electrons. The number of carbonyl (C=O) groups is 1. The topological polar surface area (TPSA) is 46.5 Å². The summed E-state index contributed by atoms with van der Waals surface area (Å²) in [6.45, 7) is 4.44. The molecule has 1 N–H and O–H groups in total. The van der Waals surface area contributed by atoms with E-state index in [1.54, 1.807) is 0 Å². The first-order valence-corrected chi connectivity index (χ1v) is 5.38. The van der Waals surface area contributed by atoms with E-state index in [4.69, 9.17) is 9.84 Å². The third-order valence-electron chi connectivity index (χ3n) is 2.69. The standard InChI is InChI=1S/C13H18O3/c1-13(2,7-8-14)11-3-5-12(6-4-11)16-10-9-15/h3-6,9,14H,7-8,10H2,1-2H3. The lowest BCUT2D eigenvalue weighted by Crippen LogP contribution is -2.18. The maximum atomic E-state index is 10.1. The van der Waals surface area contributed by atoms with Gasteiger partial charge in [-0.3, -0.25) is 4.79 Å². The average molecular weight is 222 g/mol. The summed E-state index contributed by atoms with van der Waals surface area (Å²) in [6.07, 6.45) is 1.45. The van der Waals surface area contributed by atoms with Crippen LogP contribution in [0.2, 0.25) is 0 Å². The quantitative estimate of drug-likeness (QED) is 0.748. The van der Waals surface area contributed by atoms with Crippen LogP contribution in [0.4, 0.5) is 0 Å². The lowest BCUT2D eigenvalue weighted by atomic mass is 9.82. The molecule has 1 rings (SSSR count). The second-order valence-electron chi connectivity index (χ2n) is 4.36. The summed E-state index contributed by atoms with van der Waals surface area (Å²) in [7, 11) is 0. The predicted molar refractivity (Wildman–Crippen MR) is 62.7 cm³/mol. The lowest BCUT2D eigenvalue weighted by molar-refractivity contribution is -0.109. The molecule has 0 aliphatic rings. The van der Waals surface area contributed by atoms with E-state index in [1.807, 2.05) is 24.3 Å². The summed E-state index contributed by atoms with van der Waals surface area (Å²) >= 11 is 0. The summed E-state index contributed by atoms with van der Waals surface area (Å²) in [4.78, 5) is 10.1. The molecule has 0 saturated carbocycles. The van der Waals surface area contributed by atoms with Gasteiger partial charge in [0.15, 0.2) is 6.29 Å². The van der Waals surface area contributed by atoms with Crippen molar-refractivity contribution in [3.63, 3.8) is 0 Å². The Hall–Kier alpha value is -1.35. The monoisotopic (exact) mass is 222 g/mol. The average Bonchev–Trinajstić information content (AvgIpc) is 2.27. The minimum absolute atomic E-state index is 0.0437. The molecule has 88 valence electrons. The molecular weight excluding hydrogens is 204 g/mol. The molecule has 0 aliphatic heterocycles. The fraction of sp³-hybridized carbons (Fsp3) is 0.462. The molecule has 3 heteroatoms. The second kappa shape index (κ2) is 5.66. The highest BCUT2D eigenvalue weighted by Gasteiger charge is 2.19. The third kappa shape index (κ3) is 3.35. The minimum Gasteiger partial charge on any atom is -0.486 e. The van der Waals surface area contributed by atoms with Gasteiger partial charge in [0, 0.05) is 6.61 Å². The van der Waals surface area contributed by atoms with Crippen LogP contribution in [0, 0.1) is 0 Å². The van der Waals surface area contributed by atoms with Gasteiger partial charge in [-0.1, -0.05) is 26.0 Å². The molecular formula is C13H18O3. The highest BCUT2D eigenvalue weighted by Crippen LogP contribution is 2.27. The van der Waals surface area contributed by atoms with Crippen molar-refractivity contribution in [2.75, 3.05) is 13.2 Å². The van der Waals surface area contributed by atoms with E-state index in [2.05, 4.69) is 13.8 Å². The van der Waals surface area contributed by atoms with Gasteiger partial charge in [0.05, 0.1) is 0 Å². The van der Waals surface area contributed by atoms with Gasteiger partial charge in [-0.15, -0.1) is 0 Å². The van der Waals surface area contributed by atoms with Crippen LogP contribution in [0.25, 0.3) is 0 Å².